The smallest absolute Gasteiger partial charge is 0.308 e. The molecule has 0 bridgehead atoms. The molecule has 1 atom stereocenters. The fourth-order valence-corrected chi connectivity index (χ4v) is 2.40. The van der Waals surface area contributed by atoms with E-state index < -0.39 is 11.9 Å². The van der Waals surface area contributed by atoms with Crippen LogP contribution in [-0.4, -0.2) is 35.0 Å². The molecule has 2 rings (SSSR count). The van der Waals surface area contributed by atoms with Gasteiger partial charge in [0.05, 0.1) is 5.92 Å². The number of hydrogen-bond donors (Lipinski definition) is 1. The lowest BCUT2D eigenvalue weighted by Gasteiger charge is -2.30. The third kappa shape index (κ3) is 2.90. The Morgan fingerprint density at radius 2 is 1.94 bits per heavy atom. The molecule has 0 aliphatic carbocycles. The highest BCUT2D eigenvalue weighted by atomic mass is 79.9. The van der Waals surface area contributed by atoms with E-state index in [2.05, 4.69) is 15.9 Å². The Morgan fingerprint density at radius 1 is 1.28 bits per heavy atom. The van der Waals surface area contributed by atoms with E-state index >= 15 is 0 Å². The van der Waals surface area contributed by atoms with Crippen molar-refractivity contribution in [3.05, 3.63) is 34.3 Å². The minimum absolute atomic E-state index is 0.0894. The zero-order valence-electron chi connectivity index (χ0n) is 9.80. The largest absolute Gasteiger partial charge is 0.481 e. The normalized spacial score (nSPS) is 19.6. The van der Waals surface area contributed by atoms with E-state index in [0.717, 1.165) is 10.9 Å². The Kier molecular flexibility index (Phi) is 4.01. The molecule has 1 aliphatic heterocycles. The number of hydrogen-bond acceptors (Lipinski definition) is 2. The van der Waals surface area contributed by atoms with E-state index in [4.69, 9.17) is 5.11 Å². The number of benzene rings is 1. The number of carboxylic acid groups (broad SMARTS) is 1. The molecule has 4 nitrogen and oxygen atoms in total. The summed E-state index contributed by atoms with van der Waals surface area (Å²) in [4.78, 5) is 24.8. The third-order valence-corrected chi connectivity index (χ3v) is 3.68. The number of piperidine rings is 1. The van der Waals surface area contributed by atoms with Crippen molar-refractivity contribution in [1.29, 1.82) is 0 Å². The molecule has 1 aromatic carbocycles. The second kappa shape index (κ2) is 5.52. The molecule has 1 saturated heterocycles. The topological polar surface area (TPSA) is 57.6 Å². The summed E-state index contributed by atoms with van der Waals surface area (Å²) in [6.45, 7) is 0.947. The molecule has 1 fully saturated rings. The quantitative estimate of drug-likeness (QED) is 0.912. The van der Waals surface area contributed by atoms with E-state index in [9.17, 15) is 9.59 Å². The first kappa shape index (κ1) is 13.1. The monoisotopic (exact) mass is 311 g/mol. The number of carbonyl (C=O) groups is 2. The van der Waals surface area contributed by atoms with Crippen LogP contribution in [0.15, 0.2) is 28.7 Å². The van der Waals surface area contributed by atoms with Crippen molar-refractivity contribution in [2.75, 3.05) is 13.1 Å². The van der Waals surface area contributed by atoms with Crippen LogP contribution in [0.2, 0.25) is 0 Å². The molecule has 0 unspecified atom stereocenters. The Hall–Kier alpha value is -1.36. The molecule has 0 radical (unpaired) electrons. The second-order valence-electron chi connectivity index (χ2n) is 4.44. The molecule has 96 valence electrons. The molecule has 0 saturated carbocycles. The van der Waals surface area contributed by atoms with Crippen LogP contribution in [0.3, 0.4) is 0 Å². The van der Waals surface area contributed by atoms with E-state index in [1.165, 1.54) is 0 Å². The van der Waals surface area contributed by atoms with Gasteiger partial charge in [0, 0.05) is 23.1 Å². The molecule has 5 heteroatoms. The van der Waals surface area contributed by atoms with Crippen LogP contribution in [0.4, 0.5) is 0 Å². The Labute approximate surface area is 114 Å². The maximum atomic E-state index is 12.2. The highest BCUT2D eigenvalue weighted by Gasteiger charge is 2.28. The van der Waals surface area contributed by atoms with Crippen LogP contribution in [0.5, 0.6) is 0 Å². The second-order valence-corrected chi connectivity index (χ2v) is 5.35. The molecular weight excluding hydrogens is 298 g/mol. The van der Waals surface area contributed by atoms with Gasteiger partial charge >= 0.3 is 5.97 Å². The van der Waals surface area contributed by atoms with Crippen molar-refractivity contribution in [2.45, 2.75) is 12.8 Å². The van der Waals surface area contributed by atoms with Gasteiger partial charge in [0.25, 0.3) is 5.91 Å². The summed E-state index contributed by atoms with van der Waals surface area (Å²) in [5.74, 6) is -1.34. The predicted octanol–water partition coefficient (Wildman–Crippen LogP) is 2.39. The first-order chi connectivity index (χ1) is 8.58. The molecule has 1 amide bonds. The van der Waals surface area contributed by atoms with Crippen LogP contribution in [0.25, 0.3) is 0 Å². The molecule has 0 aromatic heterocycles. The van der Waals surface area contributed by atoms with Gasteiger partial charge in [0.2, 0.25) is 0 Å². The zero-order valence-corrected chi connectivity index (χ0v) is 11.4. The lowest BCUT2D eigenvalue weighted by Crippen LogP contribution is -2.42. The van der Waals surface area contributed by atoms with E-state index in [1.54, 1.807) is 17.0 Å². The lowest BCUT2D eigenvalue weighted by atomic mass is 9.97. The van der Waals surface area contributed by atoms with Crippen LogP contribution < -0.4 is 0 Å². The zero-order chi connectivity index (χ0) is 13.1. The Bertz CT molecular complexity index is 458. The number of carbonyl (C=O) groups excluding carboxylic acids is 1. The van der Waals surface area contributed by atoms with Crippen molar-refractivity contribution in [3.63, 3.8) is 0 Å². The fraction of sp³-hybridized carbons (Fsp3) is 0.385. The maximum Gasteiger partial charge on any atom is 0.308 e. The minimum Gasteiger partial charge on any atom is -0.481 e. The molecule has 18 heavy (non-hydrogen) atoms. The lowest BCUT2D eigenvalue weighted by molar-refractivity contribution is -0.143. The summed E-state index contributed by atoms with van der Waals surface area (Å²) in [5.41, 5.74) is 0.601. The van der Waals surface area contributed by atoms with Gasteiger partial charge < -0.3 is 10.0 Å². The average Bonchev–Trinajstić information content (AvgIpc) is 2.39. The molecule has 1 heterocycles. The van der Waals surface area contributed by atoms with E-state index in [-0.39, 0.29) is 5.91 Å². The van der Waals surface area contributed by atoms with Crippen molar-refractivity contribution < 1.29 is 14.7 Å². The number of rotatable bonds is 2. The predicted molar refractivity (Wildman–Crippen MR) is 70.4 cm³/mol. The minimum atomic E-state index is -0.816. The summed E-state index contributed by atoms with van der Waals surface area (Å²) >= 11 is 3.32. The highest BCUT2D eigenvalue weighted by molar-refractivity contribution is 9.10. The highest BCUT2D eigenvalue weighted by Crippen LogP contribution is 2.19. The van der Waals surface area contributed by atoms with Gasteiger partial charge in [-0.05, 0) is 37.1 Å². The molecule has 1 N–H and O–H groups in total. The first-order valence-electron chi connectivity index (χ1n) is 5.85. The molecule has 1 aromatic rings. The third-order valence-electron chi connectivity index (χ3n) is 3.15. The average molecular weight is 312 g/mol. The maximum absolute atomic E-state index is 12.2. The molecular formula is C13H14BrNO3. The Balaban J connectivity index is 2.09. The number of likely N-dealkylation sites (tertiary alicyclic amines) is 1. The van der Waals surface area contributed by atoms with Crippen LogP contribution in [-0.2, 0) is 4.79 Å². The standard InChI is InChI=1S/C13H14BrNO3/c14-11-5-3-9(4-6-11)12(16)15-7-1-2-10(8-15)13(17)18/h3-6,10H,1-2,7-8H2,(H,17,18)/t10-/m1/s1. The van der Waals surface area contributed by atoms with Gasteiger partial charge in [0.1, 0.15) is 0 Å². The number of carboxylic acids is 1. The van der Waals surface area contributed by atoms with Crippen molar-refractivity contribution in [1.82, 2.24) is 4.90 Å². The number of aliphatic carboxylic acids is 1. The number of halogens is 1. The van der Waals surface area contributed by atoms with Crippen molar-refractivity contribution in [3.8, 4) is 0 Å². The van der Waals surface area contributed by atoms with E-state index in [1.807, 2.05) is 12.1 Å². The van der Waals surface area contributed by atoms with Gasteiger partial charge in [-0.1, -0.05) is 15.9 Å². The van der Waals surface area contributed by atoms with Crippen LogP contribution in [0.1, 0.15) is 23.2 Å². The summed E-state index contributed by atoms with van der Waals surface area (Å²) in [6.07, 6.45) is 1.40. The summed E-state index contributed by atoms with van der Waals surface area (Å²) < 4.78 is 0.918. The van der Waals surface area contributed by atoms with Gasteiger partial charge in [0.15, 0.2) is 0 Å². The van der Waals surface area contributed by atoms with Gasteiger partial charge in [-0.3, -0.25) is 9.59 Å². The van der Waals surface area contributed by atoms with Crippen LogP contribution >= 0.6 is 15.9 Å². The molecule has 1 aliphatic rings. The summed E-state index contributed by atoms with van der Waals surface area (Å²) in [7, 11) is 0. The summed E-state index contributed by atoms with van der Waals surface area (Å²) in [6, 6.07) is 7.12. The SMILES string of the molecule is O=C(O)[C@@H]1CCCN(C(=O)c2ccc(Br)cc2)C1. The van der Waals surface area contributed by atoms with Gasteiger partial charge in [-0.25, -0.2) is 0 Å². The van der Waals surface area contributed by atoms with Crippen molar-refractivity contribution >= 4 is 27.8 Å². The number of nitrogens with zero attached hydrogens (tertiary/aromatic N) is 1. The van der Waals surface area contributed by atoms with E-state index in [0.29, 0.717) is 25.1 Å². The van der Waals surface area contributed by atoms with Crippen LogP contribution in [0, 0.1) is 5.92 Å². The summed E-state index contributed by atoms with van der Waals surface area (Å²) in [5, 5.41) is 9.00. The molecule has 0 spiro atoms. The number of amides is 1. The van der Waals surface area contributed by atoms with Gasteiger partial charge in [-0.15, -0.1) is 0 Å². The Morgan fingerprint density at radius 3 is 2.56 bits per heavy atom. The first-order valence-corrected chi connectivity index (χ1v) is 6.65. The van der Waals surface area contributed by atoms with Crippen molar-refractivity contribution in [2.24, 2.45) is 5.92 Å². The fourth-order valence-electron chi connectivity index (χ4n) is 2.14. The van der Waals surface area contributed by atoms with Gasteiger partial charge in [-0.2, -0.15) is 0 Å².